The van der Waals surface area contributed by atoms with Gasteiger partial charge in [-0.05, 0) is 12.1 Å². The van der Waals surface area contributed by atoms with E-state index in [1.54, 1.807) is 0 Å². The Kier molecular flexibility index (Phi) is 5.99. The van der Waals surface area contributed by atoms with Crippen molar-refractivity contribution in [2.24, 2.45) is 0 Å². The van der Waals surface area contributed by atoms with Crippen LogP contribution in [0.25, 0.3) is 11.5 Å². The first kappa shape index (κ1) is 22.0. The molecule has 13 nitrogen and oxygen atoms in total. The Morgan fingerprint density at radius 1 is 1.09 bits per heavy atom. The first-order valence-electron chi connectivity index (χ1n) is 9.67. The SMILES string of the molecule is COc1c(O)ccc(CNc2ncn(C3O[C@H](CO)[C@@H](O)[C@H](O)[C@H]3O)c3ncnc2-3)c1O. The van der Waals surface area contributed by atoms with Crippen LogP contribution < -0.4 is 10.1 Å². The number of nitrogens with one attached hydrogen (secondary N) is 1. The fourth-order valence-corrected chi connectivity index (χ4v) is 3.60. The molecule has 1 saturated heterocycles. The molecule has 0 aliphatic carbocycles. The van der Waals surface area contributed by atoms with Gasteiger partial charge in [0.05, 0.1) is 13.7 Å². The van der Waals surface area contributed by atoms with Gasteiger partial charge in [-0.15, -0.1) is 0 Å². The number of imidazole rings is 1. The molecule has 5 atom stereocenters. The van der Waals surface area contributed by atoms with E-state index < -0.39 is 37.3 Å². The van der Waals surface area contributed by atoms with E-state index in [9.17, 15) is 30.6 Å². The van der Waals surface area contributed by atoms with Crippen LogP contribution in [0, 0.1) is 0 Å². The van der Waals surface area contributed by atoms with Gasteiger partial charge in [0, 0.05) is 12.1 Å². The first-order valence-corrected chi connectivity index (χ1v) is 9.67. The topological polar surface area (TPSA) is 195 Å². The molecule has 7 N–H and O–H groups in total. The van der Waals surface area contributed by atoms with Gasteiger partial charge in [-0.25, -0.2) is 15.0 Å². The number of methoxy groups -OCH3 is 1. The molecule has 0 aromatic heterocycles. The first-order chi connectivity index (χ1) is 15.4. The van der Waals surface area contributed by atoms with Gasteiger partial charge in [0.2, 0.25) is 5.75 Å². The average molecular weight is 449 g/mol. The van der Waals surface area contributed by atoms with Crippen molar-refractivity contribution in [3.8, 4) is 28.8 Å². The third-order valence-corrected chi connectivity index (χ3v) is 5.34. The van der Waals surface area contributed by atoms with Crippen LogP contribution in [0.5, 0.6) is 17.2 Å². The zero-order chi connectivity index (χ0) is 23.0. The molecule has 0 amide bonds. The van der Waals surface area contributed by atoms with Gasteiger partial charge < -0.3 is 45.4 Å². The summed E-state index contributed by atoms with van der Waals surface area (Å²) in [6.45, 7) is -0.452. The van der Waals surface area contributed by atoms with Gasteiger partial charge in [-0.1, -0.05) is 0 Å². The minimum absolute atomic E-state index is 0.0518. The highest BCUT2D eigenvalue weighted by Gasteiger charge is 2.45. The van der Waals surface area contributed by atoms with Gasteiger partial charge in [-0.2, -0.15) is 0 Å². The Hall–Kier alpha value is -3.23. The van der Waals surface area contributed by atoms with Crippen LogP contribution in [0.3, 0.4) is 0 Å². The number of anilines is 1. The number of aliphatic hydroxyl groups is 4. The smallest absolute Gasteiger partial charge is 0.203 e. The average Bonchev–Trinajstić information content (AvgIpc) is 3.28. The lowest BCUT2D eigenvalue weighted by Gasteiger charge is -2.41. The van der Waals surface area contributed by atoms with Crippen LogP contribution in [-0.4, -0.2) is 88.3 Å². The lowest BCUT2D eigenvalue weighted by molar-refractivity contribution is -0.251. The van der Waals surface area contributed by atoms with Crippen molar-refractivity contribution in [2.75, 3.05) is 19.0 Å². The molecule has 1 fully saturated rings. The summed E-state index contributed by atoms with van der Waals surface area (Å²) in [5, 5.41) is 62.9. The van der Waals surface area contributed by atoms with E-state index in [-0.39, 0.29) is 29.6 Å². The van der Waals surface area contributed by atoms with Gasteiger partial charge >= 0.3 is 0 Å². The summed E-state index contributed by atoms with van der Waals surface area (Å²) >= 11 is 0. The summed E-state index contributed by atoms with van der Waals surface area (Å²) in [4.78, 5) is 12.6. The van der Waals surface area contributed by atoms with E-state index in [1.165, 1.54) is 36.5 Å². The van der Waals surface area contributed by atoms with Crippen molar-refractivity contribution in [1.82, 2.24) is 19.5 Å². The minimum atomic E-state index is -1.55. The normalized spacial score (nSPS) is 25.7. The fourth-order valence-electron chi connectivity index (χ4n) is 3.60. The van der Waals surface area contributed by atoms with Crippen LogP contribution >= 0.6 is 0 Å². The zero-order valence-corrected chi connectivity index (χ0v) is 16.9. The van der Waals surface area contributed by atoms with Crippen molar-refractivity contribution < 1.29 is 40.1 Å². The fraction of sp³-hybridized carbons (Fsp3) is 0.421. The molecule has 13 heteroatoms. The standard InChI is InChI=1S/C19H23N5O8/c1-31-16-9(26)3-2-8(12(16)27)4-20-17-11-18(22-6-21-11)24(7-23-17)19-15(30)14(29)13(28)10(5-25)32-19/h2-3,6-7,10,13-15,19-20,25-30H,4-5H2,1H3/t10-,13-,14+,15-,19?/m1/s1. The summed E-state index contributed by atoms with van der Waals surface area (Å²) in [5.74, 6) is 0.0988. The van der Waals surface area contributed by atoms with Crippen molar-refractivity contribution in [1.29, 1.82) is 0 Å². The van der Waals surface area contributed by atoms with Crippen molar-refractivity contribution >= 4 is 5.82 Å². The molecule has 3 aliphatic rings. The number of benzene rings is 1. The van der Waals surface area contributed by atoms with Gasteiger partial charge in [-0.3, -0.25) is 4.57 Å². The number of ether oxygens (including phenoxy) is 2. The van der Waals surface area contributed by atoms with E-state index in [1.807, 2.05) is 0 Å². The maximum Gasteiger partial charge on any atom is 0.203 e. The van der Waals surface area contributed by atoms with E-state index in [0.29, 0.717) is 17.1 Å². The molecule has 3 aliphatic heterocycles. The number of fused-ring (bicyclic) bond motifs is 1. The number of hydrogen-bond donors (Lipinski definition) is 7. The van der Waals surface area contributed by atoms with E-state index in [2.05, 4.69) is 20.3 Å². The monoisotopic (exact) mass is 449 g/mol. The third-order valence-electron chi connectivity index (χ3n) is 5.34. The minimum Gasteiger partial charge on any atom is -0.504 e. The number of rotatable bonds is 6. The maximum atomic E-state index is 10.4. The van der Waals surface area contributed by atoms with Crippen LogP contribution in [0.15, 0.2) is 24.8 Å². The highest BCUT2D eigenvalue weighted by Crippen LogP contribution is 2.39. The van der Waals surface area contributed by atoms with E-state index in [0.717, 1.165) is 0 Å². The van der Waals surface area contributed by atoms with Crippen molar-refractivity contribution in [2.45, 2.75) is 37.2 Å². The number of phenols is 2. The molecule has 4 rings (SSSR count). The number of aromatic nitrogens is 4. The molecular weight excluding hydrogens is 426 g/mol. The molecular formula is C19H23N5O8. The van der Waals surface area contributed by atoms with Gasteiger partial charge in [0.25, 0.3) is 0 Å². The molecule has 172 valence electrons. The molecule has 0 bridgehead atoms. The Morgan fingerprint density at radius 3 is 2.59 bits per heavy atom. The molecule has 3 heterocycles. The second kappa shape index (κ2) is 8.72. The van der Waals surface area contributed by atoms with Crippen LogP contribution in [0.2, 0.25) is 0 Å². The number of aliphatic hydroxyl groups excluding tert-OH is 4. The number of nitrogens with zero attached hydrogens (tertiary/aromatic N) is 4. The predicted octanol–water partition coefficient (Wildman–Crippen LogP) is -1.22. The summed E-state index contributed by atoms with van der Waals surface area (Å²) in [7, 11) is 1.33. The van der Waals surface area contributed by atoms with Crippen LogP contribution in [-0.2, 0) is 11.3 Å². The van der Waals surface area contributed by atoms with E-state index in [4.69, 9.17) is 9.47 Å². The van der Waals surface area contributed by atoms with E-state index >= 15 is 0 Å². The zero-order valence-electron chi connectivity index (χ0n) is 16.9. The number of phenolic OH excluding ortho intramolecular Hbond substituents is 2. The van der Waals surface area contributed by atoms with Crippen molar-refractivity contribution in [3.63, 3.8) is 0 Å². The highest BCUT2D eigenvalue weighted by atomic mass is 16.6. The third kappa shape index (κ3) is 3.65. The Morgan fingerprint density at radius 2 is 1.88 bits per heavy atom. The van der Waals surface area contributed by atoms with Crippen LogP contribution in [0.4, 0.5) is 5.82 Å². The molecule has 32 heavy (non-hydrogen) atoms. The summed E-state index contributed by atoms with van der Waals surface area (Å²) in [6, 6.07) is 2.91. The molecule has 1 aromatic rings. The number of hydrogen-bond acceptors (Lipinski definition) is 12. The number of aromatic hydroxyl groups is 2. The van der Waals surface area contributed by atoms with Crippen molar-refractivity contribution in [3.05, 3.63) is 30.4 Å². The Labute approximate surface area is 181 Å². The largest absolute Gasteiger partial charge is 0.504 e. The second-order valence-electron chi connectivity index (χ2n) is 7.24. The quantitative estimate of drug-likeness (QED) is 0.237. The Balaban J connectivity index is 1.61. The Bertz CT molecular complexity index is 1060. The lowest BCUT2D eigenvalue weighted by atomic mass is 9.98. The molecule has 1 unspecified atom stereocenters. The van der Waals surface area contributed by atoms with Gasteiger partial charge in [0.15, 0.2) is 35.1 Å². The second-order valence-corrected chi connectivity index (χ2v) is 7.24. The molecule has 0 saturated carbocycles. The molecule has 0 spiro atoms. The highest BCUT2D eigenvalue weighted by molar-refractivity contribution is 5.67. The summed E-state index contributed by atoms with van der Waals surface area (Å²) in [6.07, 6.45) is -4.24. The molecule has 0 radical (unpaired) electrons. The summed E-state index contributed by atoms with van der Waals surface area (Å²) < 4.78 is 11.9. The van der Waals surface area contributed by atoms with Gasteiger partial charge in [0.1, 0.15) is 37.1 Å². The predicted molar refractivity (Wildman–Crippen MR) is 107 cm³/mol. The summed E-state index contributed by atoms with van der Waals surface area (Å²) in [5.41, 5.74) is 0.745. The maximum absolute atomic E-state index is 10.4. The van der Waals surface area contributed by atoms with Crippen LogP contribution in [0.1, 0.15) is 11.8 Å². The lowest BCUT2D eigenvalue weighted by Crippen LogP contribution is -2.56. The molecule has 1 aromatic carbocycles.